The Labute approximate surface area is 130 Å². The maximum atomic E-state index is 12.8. The summed E-state index contributed by atoms with van der Waals surface area (Å²) in [6, 6.07) is 0.393. The number of hydrogen-bond donors (Lipinski definition) is 1. The SMILES string of the molecule is CCCNC(C)C1CCCN(S(=O)(=O)N2CCCCC2)C1. The number of nitrogens with zero attached hydrogens (tertiary/aromatic N) is 2. The third kappa shape index (κ3) is 4.41. The molecule has 0 aromatic heterocycles. The third-order valence-corrected chi connectivity index (χ3v) is 6.81. The Morgan fingerprint density at radius 3 is 2.43 bits per heavy atom. The number of rotatable bonds is 6. The lowest BCUT2D eigenvalue weighted by molar-refractivity contribution is 0.208. The Morgan fingerprint density at radius 2 is 1.76 bits per heavy atom. The first-order chi connectivity index (χ1) is 10.1. The fourth-order valence-electron chi connectivity index (χ4n) is 3.39. The molecule has 2 unspecified atom stereocenters. The van der Waals surface area contributed by atoms with Gasteiger partial charge in [0.05, 0.1) is 0 Å². The van der Waals surface area contributed by atoms with E-state index in [1.807, 2.05) is 0 Å². The van der Waals surface area contributed by atoms with Gasteiger partial charge in [0.1, 0.15) is 0 Å². The van der Waals surface area contributed by atoms with Crippen molar-refractivity contribution in [3.8, 4) is 0 Å². The summed E-state index contributed by atoms with van der Waals surface area (Å²) in [7, 11) is -3.23. The van der Waals surface area contributed by atoms with Crippen molar-refractivity contribution in [2.75, 3.05) is 32.7 Å². The Balaban J connectivity index is 1.96. The van der Waals surface area contributed by atoms with E-state index in [1.54, 1.807) is 8.61 Å². The molecule has 2 saturated heterocycles. The minimum atomic E-state index is -3.23. The normalized spacial score (nSPS) is 27.6. The molecule has 0 amide bonds. The monoisotopic (exact) mass is 317 g/mol. The first kappa shape index (κ1) is 17.2. The van der Waals surface area contributed by atoms with Gasteiger partial charge in [0, 0.05) is 32.2 Å². The predicted octanol–water partition coefficient (Wildman–Crippen LogP) is 1.82. The maximum absolute atomic E-state index is 12.8. The highest BCUT2D eigenvalue weighted by Gasteiger charge is 2.35. The molecular weight excluding hydrogens is 286 g/mol. The summed E-state index contributed by atoms with van der Waals surface area (Å²) in [6.07, 6.45) is 6.40. The molecule has 2 heterocycles. The molecular formula is C15H31N3O2S. The van der Waals surface area contributed by atoms with Crippen LogP contribution in [0.25, 0.3) is 0 Å². The van der Waals surface area contributed by atoms with E-state index in [0.29, 0.717) is 38.1 Å². The van der Waals surface area contributed by atoms with E-state index in [-0.39, 0.29) is 0 Å². The van der Waals surface area contributed by atoms with Crippen molar-refractivity contribution in [2.45, 2.75) is 58.4 Å². The van der Waals surface area contributed by atoms with E-state index >= 15 is 0 Å². The third-order valence-electron chi connectivity index (χ3n) is 4.81. The maximum Gasteiger partial charge on any atom is 0.281 e. The molecule has 0 aromatic carbocycles. The Kier molecular flexibility index (Phi) is 6.47. The van der Waals surface area contributed by atoms with Crippen LogP contribution in [-0.4, -0.2) is 55.8 Å². The minimum absolute atomic E-state index is 0.393. The average molecular weight is 317 g/mol. The molecule has 1 N–H and O–H groups in total. The number of piperidine rings is 2. The van der Waals surface area contributed by atoms with Gasteiger partial charge < -0.3 is 5.32 Å². The van der Waals surface area contributed by atoms with Crippen LogP contribution in [0.4, 0.5) is 0 Å². The van der Waals surface area contributed by atoms with Gasteiger partial charge >= 0.3 is 0 Å². The van der Waals surface area contributed by atoms with Crippen LogP contribution in [0.1, 0.15) is 52.4 Å². The standard InChI is InChI=1S/C15H31N3O2S/c1-3-9-16-14(2)15-8-7-12-18(13-15)21(19,20)17-10-5-4-6-11-17/h14-16H,3-13H2,1-2H3. The van der Waals surface area contributed by atoms with Gasteiger partial charge in [-0.1, -0.05) is 13.3 Å². The number of nitrogens with one attached hydrogen (secondary N) is 1. The van der Waals surface area contributed by atoms with Gasteiger partial charge in [0.25, 0.3) is 10.2 Å². The van der Waals surface area contributed by atoms with E-state index < -0.39 is 10.2 Å². The first-order valence-electron chi connectivity index (χ1n) is 8.54. The lowest BCUT2D eigenvalue weighted by atomic mass is 9.93. The molecule has 6 heteroatoms. The quantitative estimate of drug-likeness (QED) is 0.813. The molecule has 0 spiro atoms. The summed E-state index contributed by atoms with van der Waals surface area (Å²) in [5, 5.41) is 3.52. The highest BCUT2D eigenvalue weighted by Crippen LogP contribution is 2.25. The zero-order chi connectivity index (χ0) is 15.3. The summed E-state index contributed by atoms with van der Waals surface area (Å²) in [5.41, 5.74) is 0. The highest BCUT2D eigenvalue weighted by molar-refractivity contribution is 7.86. The van der Waals surface area contributed by atoms with Crippen LogP contribution in [0.2, 0.25) is 0 Å². The Morgan fingerprint density at radius 1 is 1.10 bits per heavy atom. The van der Waals surface area contributed by atoms with Crippen molar-refractivity contribution >= 4 is 10.2 Å². The van der Waals surface area contributed by atoms with Crippen molar-refractivity contribution in [1.82, 2.24) is 13.9 Å². The van der Waals surface area contributed by atoms with Crippen molar-refractivity contribution < 1.29 is 8.42 Å². The second-order valence-electron chi connectivity index (χ2n) is 6.47. The van der Waals surface area contributed by atoms with E-state index in [2.05, 4.69) is 19.2 Å². The largest absolute Gasteiger partial charge is 0.314 e. The Hall–Kier alpha value is -0.170. The molecule has 0 bridgehead atoms. The molecule has 2 aliphatic rings. The van der Waals surface area contributed by atoms with Crippen molar-refractivity contribution in [1.29, 1.82) is 0 Å². The average Bonchev–Trinajstić information content (AvgIpc) is 2.53. The summed E-state index contributed by atoms with van der Waals surface area (Å²) in [5.74, 6) is 0.435. The number of hydrogen-bond acceptors (Lipinski definition) is 3. The minimum Gasteiger partial charge on any atom is -0.314 e. The van der Waals surface area contributed by atoms with Gasteiger partial charge in [0.2, 0.25) is 0 Å². The van der Waals surface area contributed by atoms with Crippen LogP contribution in [0, 0.1) is 5.92 Å². The highest BCUT2D eigenvalue weighted by atomic mass is 32.2. The zero-order valence-corrected chi connectivity index (χ0v) is 14.4. The van der Waals surface area contributed by atoms with Crippen LogP contribution in [0.5, 0.6) is 0 Å². The van der Waals surface area contributed by atoms with E-state index in [9.17, 15) is 8.42 Å². The van der Waals surface area contributed by atoms with Crippen LogP contribution < -0.4 is 5.32 Å². The molecule has 0 aliphatic carbocycles. The molecule has 0 saturated carbocycles. The van der Waals surface area contributed by atoms with Crippen LogP contribution in [-0.2, 0) is 10.2 Å². The smallest absolute Gasteiger partial charge is 0.281 e. The van der Waals surface area contributed by atoms with Crippen LogP contribution in [0.15, 0.2) is 0 Å². The molecule has 124 valence electrons. The van der Waals surface area contributed by atoms with Crippen molar-refractivity contribution in [2.24, 2.45) is 5.92 Å². The summed E-state index contributed by atoms with van der Waals surface area (Å²) >= 11 is 0. The van der Waals surface area contributed by atoms with Crippen LogP contribution >= 0.6 is 0 Å². The van der Waals surface area contributed by atoms with Gasteiger partial charge in [-0.25, -0.2) is 0 Å². The summed E-state index contributed by atoms with van der Waals surface area (Å²) in [6.45, 7) is 8.13. The van der Waals surface area contributed by atoms with E-state index in [4.69, 9.17) is 0 Å². The van der Waals surface area contributed by atoms with Crippen LogP contribution in [0.3, 0.4) is 0 Å². The predicted molar refractivity (Wildman–Crippen MR) is 86.4 cm³/mol. The molecule has 21 heavy (non-hydrogen) atoms. The fraction of sp³-hybridized carbons (Fsp3) is 1.00. The topological polar surface area (TPSA) is 52.7 Å². The van der Waals surface area contributed by atoms with Gasteiger partial charge in [-0.3, -0.25) is 0 Å². The lowest BCUT2D eigenvalue weighted by Gasteiger charge is -2.38. The lowest BCUT2D eigenvalue weighted by Crippen LogP contribution is -2.52. The van der Waals surface area contributed by atoms with Gasteiger partial charge in [-0.2, -0.15) is 17.0 Å². The second-order valence-corrected chi connectivity index (χ2v) is 8.40. The van der Waals surface area contributed by atoms with Crippen molar-refractivity contribution in [3.63, 3.8) is 0 Å². The zero-order valence-electron chi connectivity index (χ0n) is 13.6. The van der Waals surface area contributed by atoms with E-state index in [1.165, 1.54) is 0 Å². The van der Waals surface area contributed by atoms with E-state index in [0.717, 1.165) is 45.1 Å². The molecule has 2 aliphatic heterocycles. The second kappa shape index (κ2) is 7.90. The van der Waals surface area contributed by atoms with Gasteiger partial charge in [-0.05, 0) is 51.5 Å². The summed E-state index contributed by atoms with van der Waals surface area (Å²) in [4.78, 5) is 0. The van der Waals surface area contributed by atoms with Gasteiger partial charge in [0.15, 0.2) is 0 Å². The molecule has 2 atom stereocenters. The van der Waals surface area contributed by atoms with Crippen molar-refractivity contribution in [3.05, 3.63) is 0 Å². The fourth-order valence-corrected chi connectivity index (χ4v) is 5.18. The molecule has 5 nitrogen and oxygen atoms in total. The Bertz CT molecular complexity index is 407. The summed E-state index contributed by atoms with van der Waals surface area (Å²) < 4.78 is 28.9. The van der Waals surface area contributed by atoms with Gasteiger partial charge in [-0.15, -0.1) is 0 Å². The molecule has 0 aromatic rings. The molecule has 2 fully saturated rings. The molecule has 0 radical (unpaired) electrons. The first-order valence-corrected chi connectivity index (χ1v) is 9.94. The molecule has 2 rings (SSSR count).